The third-order valence-corrected chi connectivity index (χ3v) is 7.74. The lowest BCUT2D eigenvalue weighted by Gasteiger charge is -2.30. The Labute approximate surface area is 197 Å². The van der Waals surface area contributed by atoms with Gasteiger partial charge in [-0.25, -0.2) is 8.42 Å². The Balaban J connectivity index is 1.35. The van der Waals surface area contributed by atoms with E-state index in [1.165, 1.54) is 16.4 Å². The van der Waals surface area contributed by atoms with Gasteiger partial charge in [0.1, 0.15) is 6.07 Å². The molecule has 0 unspecified atom stereocenters. The average Bonchev–Trinajstić information content (AvgIpc) is 3.42. The van der Waals surface area contributed by atoms with E-state index >= 15 is 0 Å². The lowest BCUT2D eigenvalue weighted by Crippen LogP contribution is -2.48. The number of hydrazine groups is 1. The molecule has 2 heterocycles. The zero-order valence-corrected chi connectivity index (χ0v) is 19.0. The maximum absolute atomic E-state index is 13.0. The molecular weight excluding hydrogens is 454 g/mol. The number of hydrogen-bond acceptors (Lipinski definition) is 5. The predicted octanol–water partition coefficient (Wildman–Crippen LogP) is 2.21. The van der Waals surface area contributed by atoms with E-state index in [1.807, 2.05) is 36.7 Å². The minimum Gasteiger partial charge on any atom is -0.323 e. The highest BCUT2D eigenvalue weighted by atomic mass is 32.2. The quantitative estimate of drug-likeness (QED) is 0.545. The van der Waals surface area contributed by atoms with E-state index in [4.69, 9.17) is 0 Å². The number of para-hydroxylation sites is 1. The molecule has 3 aromatic rings. The van der Waals surface area contributed by atoms with E-state index < -0.39 is 21.8 Å². The SMILES string of the molecule is N#Cc1ccccc1S(=O)(=O)N1CCC(C(=O)NNC(=O)c2ccccc2-n2cccc2)CC1. The highest BCUT2D eigenvalue weighted by molar-refractivity contribution is 7.89. The number of benzene rings is 2. The molecule has 1 aliphatic rings. The lowest BCUT2D eigenvalue weighted by molar-refractivity contribution is -0.126. The number of carbonyl (C=O) groups excluding carboxylic acids is 2. The maximum Gasteiger partial charge on any atom is 0.271 e. The topological polar surface area (TPSA) is 124 Å². The highest BCUT2D eigenvalue weighted by Crippen LogP contribution is 2.25. The summed E-state index contributed by atoms with van der Waals surface area (Å²) in [5.41, 5.74) is 6.09. The van der Waals surface area contributed by atoms with Crippen LogP contribution in [0.2, 0.25) is 0 Å². The Hall–Kier alpha value is -3.94. The predicted molar refractivity (Wildman–Crippen MR) is 124 cm³/mol. The largest absolute Gasteiger partial charge is 0.323 e. The molecule has 174 valence electrons. The van der Waals surface area contributed by atoms with E-state index in [9.17, 15) is 23.3 Å². The minimum atomic E-state index is -3.83. The van der Waals surface area contributed by atoms with E-state index in [-0.39, 0.29) is 29.5 Å². The van der Waals surface area contributed by atoms with Crippen molar-refractivity contribution in [3.8, 4) is 11.8 Å². The van der Waals surface area contributed by atoms with Gasteiger partial charge in [-0.2, -0.15) is 9.57 Å². The molecular formula is C24H23N5O4S. The molecule has 1 fully saturated rings. The van der Waals surface area contributed by atoms with Crippen LogP contribution in [0, 0.1) is 17.2 Å². The van der Waals surface area contributed by atoms with Crippen LogP contribution in [-0.2, 0) is 14.8 Å². The second kappa shape index (κ2) is 9.91. The zero-order chi connectivity index (χ0) is 24.1. The second-order valence-corrected chi connectivity index (χ2v) is 9.74. The number of nitrogens with zero attached hydrogens (tertiary/aromatic N) is 3. The van der Waals surface area contributed by atoms with Gasteiger partial charge in [0, 0.05) is 31.4 Å². The van der Waals surface area contributed by atoms with Gasteiger partial charge in [-0.3, -0.25) is 20.4 Å². The molecule has 1 aromatic heterocycles. The highest BCUT2D eigenvalue weighted by Gasteiger charge is 2.33. The standard InChI is InChI=1S/C24H23N5O4S/c25-17-19-7-1-4-10-22(19)34(32,33)29-15-11-18(12-16-29)23(30)26-27-24(31)20-8-2-3-9-21(20)28-13-5-6-14-28/h1-10,13-14,18H,11-12,15-16H2,(H,26,30)(H,27,31). The van der Waals surface area contributed by atoms with E-state index in [0.717, 1.165) is 0 Å². The van der Waals surface area contributed by atoms with Gasteiger partial charge in [0.25, 0.3) is 5.91 Å². The second-order valence-electron chi connectivity index (χ2n) is 7.84. The summed E-state index contributed by atoms with van der Waals surface area (Å²) < 4.78 is 29.0. The summed E-state index contributed by atoms with van der Waals surface area (Å²) in [7, 11) is -3.83. The third-order valence-electron chi connectivity index (χ3n) is 5.78. The van der Waals surface area contributed by atoms with Crippen LogP contribution in [0.3, 0.4) is 0 Å². The Morgan fingerprint density at radius 2 is 1.56 bits per heavy atom. The van der Waals surface area contributed by atoms with Crippen molar-refractivity contribution < 1.29 is 18.0 Å². The molecule has 9 nitrogen and oxygen atoms in total. The first-order valence-corrected chi connectivity index (χ1v) is 12.2. The van der Waals surface area contributed by atoms with Crippen molar-refractivity contribution >= 4 is 21.8 Å². The average molecular weight is 478 g/mol. The molecule has 1 saturated heterocycles. The first kappa shape index (κ1) is 23.2. The van der Waals surface area contributed by atoms with E-state index in [2.05, 4.69) is 10.9 Å². The van der Waals surface area contributed by atoms with Gasteiger partial charge < -0.3 is 4.57 Å². The van der Waals surface area contributed by atoms with Crippen LogP contribution in [0.15, 0.2) is 78.0 Å². The maximum atomic E-state index is 13.0. The van der Waals surface area contributed by atoms with Crippen LogP contribution >= 0.6 is 0 Å². The molecule has 2 N–H and O–H groups in total. The molecule has 10 heteroatoms. The van der Waals surface area contributed by atoms with Gasteiger partial charge >= 0.3 is 0 Å². The van der Waals surface area contributed by atoms with Crippen molar-refractivity contribution in [3.63, 3.8) is 0 Å². The first-order valence-electron chi connectivity index (χ1n) is 10.7. The van der Waals surface area contributed by atoms with Crippen molar-refractivity contribution in [2.75, 3.05) is 13.1 Å². The molecule has 0 atom stereocenters. The summed E-state index contributed by atoms with van der Waals surface area (Å²) in [6.07, 6.45) is 4.24. The molecule has 0 spiro atoms. The molecule has 2 aromatic carbocycles. The van der Waals surface area contributed by atoms with Crippen LogP contribution < -0.4 is 10.9 Å². The summed E-state index contributed by atoms with van der Waals surface area (Å²) in [5.74, 6) is -1.27. The molecule has 1 aliphatic heterocycles. The normalized spacial score (nSPS) is 14.8. The minimum absolute atomic E-state index is 0.0333. The zero-order valence-electron chi connectivity index (χ0n) is 18.2. The fraction of sp³-hybridized carbons (Fsp3) is 0.208. The number of nitrogens with one attached hydrogen (secondary N) is 2. The lowest BCUT2D eigenvalue weighted by atomic mass is 9.98. The van der Waals surface area contributed by atoms with E-state index in [1.54, 1.807) is 34.9 Å². The molecule has 34 heavy (non-hydrogen) atoms. The van der Waals surface area contributed by atoms with Crippen molar-refractivity contribution in [1.82, 2.24) is 19.7 Å². The van der Waals surface area contributed by atoms with Gasteiger partial charge in [-0.05, 0) is 49.2 Å². The monoisotopic (exact) mass is 477 g/mol. The Kier molecular flexibility index (Phi) is 6.77. The third kappa shape index (κ3) is 4.71. The smallest absolute Gasteiger partial charge is 0.271 e. The van der Waals surface area contributed by atoms with Crippen molar-refractivity contribution in [2.45, 2.75) is 17.7 Å². The number of hydrogen-bond donors (Lipinski definition) is 2. The number of nitriles is 1. The van der Waals surface area contributed by atoms with Crippen LogP contribution in [0.5, 0.6) is 0 Å². The number of amides is 2. The van der Waals surface area contributed by atoms with Crippen molar-refractivity contribution in [3.05, 3.63) is 84.2 Å². The molecule has 0 bridgehead atoms. The Morgan fingerprint density at radius 3 is 2.26 bits per heavy atom. The van der Waals surface area contributed by atoms with Crippen LogP contribution in [0.1, 0.15) is 28.8 Å². The Morgan fingerprint density at radius 1 is 0.912 bits per heavy atom. The van der Waals surface area contributed by atoms with E-state index in [0.29, 0.717) is 24.1 Å². The van der Waals surface area contributed by atoms with Crippen molar-refractivity contribution in [2.24, 2.45) is 5.92 Å². The first-order chi connectivity index (χ1) is 16.4. The number of piperidine rings is 1. The number of aromatic nitrogens is 1. The number of rotatable bonds is 5. The van der Waals surface area contributed by atoms with Crippen molar-refractivity contribution in [1.29, 1.82) is 5.26 Å². The number of carbonyl (C=O) groups is 2. The molecule has 2 amide bonds. The van der Waals surface area contributed by atoms with Gasteiger partial charge in [0.2, 0.25) is 15.9 Å². The summed E-state index contributed by atoms with van der Waals surface area (Å²) in [6, 6.07) is 18.7. The Bertz CT molecular complexity index is 1340. The van der Waals surface area contributed by atoms with Crippen LogP contribution in [-0.4, -0.2) is 42.2 Å². The number of sulfonamides is 1. The molecule has 0 saturated carbocycles. The van der Waals surface area contributed by atoms with Crippen LogP contribution in [0.25, 0.3) is 5.69 Å². The fourth-order valence-corrected chi connectivity index (χ4v) is 5.57. The molecule has 0 aliphatic carbocycles. The van der Waals surface area contributed by atoms with Gasteiger partial charge in [-0.1, -0.05) is 24.3 Å². The van der Waals surface area contributed by atoms with Crippen LogP contribution in [0.4, 0.5) is 0 Å². The van der Waals surface area contributed by atoms with Gasteiger partial charge in [0.05, 0.1) is 21.7 Å². The van der Waals surface area contributed by atoms with Gasteiger partial charge in [-0.15, -0.1) is 0 Å². The van der Waals surface area contributed by atoms with Gasteiger partial charge in [0.15, 0.2) is 0 Å². The summed E-state index contributed by atoms with van der Waals surface area (Å²) in [4.78, 5) is 25.3. The summed E-state index contributed by atoms with van der Waals surface area (Å²) >= 11 is 0. The fourth-order valence-electron chi connectivity index (χ4n) is 3.96. The summed E-state index contributed by atoms with van der Waals surface area (Å²) in [6.45, 7) is 0.287. The summed E-state index contributed by atoms with van der Waals surface area (Å²) in [5, 5.41) is 9.23. The molecule has 0 radical (unpaired) electrons. The molecule has 4 rings (SSSR count).